The SMILES string of the molecule is CCN(CC)c1ccc2cc(C3=NC4C=C(C(=O)NC(CNC(=O)c5ccc(/C=C/c6ccccc6)cc5)C(=O)O)C=CC4O3)c(=O)oc2c1. The Morgan fingerprint density at radius 2 is 1.66 bits per heavy atom. The van der Waals surface area contributed by atoms with Gasteiger partial charge >= 0.3 is 11.6 Å². The molecule has 0 radical (unpaired) electrons. The average Bonchev–Trinajstić information content (AvgIpc) is 3.56. The van der Waals surface area contributed by atoms with Gasteiger partial charge in [-0.25, -0.2) is 14.6 Å². The fourth-order valence-corrected chi connectivity index (χ4v) is 5.72. The van der Waals surface area contributed by atoms with E-state index in [2.05, 4.69) is 34.4 Å². The van der Waals surface area contributed by atoms with Gasteiger partial charge < -0.3 is 29.8 Å². The second-order valence-electron chi connectivity index (χ2n) is 11.8. The van der Waals surface area contributed by atoms with Gasteiger partial charge in [-0.3, -0.25) is 9.59 Å². The lowest BCUT2D eigenvalue weighted by Crippen LogP contribution is -2.49. The third-order valence-electron chi connectivity index (χ3n) is 8.52. The van der Waals surface area contributed by atoms with E-state index in [1.807, 2.05) is 60.7 Å². The molecule has 1 aliphatic heterocycles. The van der Waals surface area contributed by atoms with Crippen LogP contribution in [0.15, 0.2) is 117 Å². The number of ether oxygens (including phenoxy) is 1. The lowest BCUT2D eigenvalue weighted by molar-refractivity contribution is -0.141. The number of fused-ring (bicyclic) bond motifs is 2. The lowest BCUT2D eigenvalue weighted by Gasteiger charge is -2.21. The Morgan fingerprint density at radius 1 is 0.940 bits per heavy atom. The number of carboxylic acid groups (broad SMARTS) is 1. The molecule has 0 fully saturated rings. The van der Waals surface area contributed by atoms with E-state index < -0.39 is 41.6 Å². The number of nitrogens with one attached hydrogen (secondary N) is 2. The fourth-order valence-electron chi connectivity index (χ4n) is 5.72. The number of carbonyl (C=O) groups is 3. The van der Waals surface area contributed by atoms with Gasteiger partial charge in [0.2, 0.25) is 5.90 Å². The molecule has 3 unspecified atom stereocenters. The molecule has 11 heteroatoms. The molecular weight excluding hydrogens is 636 g/mol. The number of hydrogen-bond donors (Lipinski definition) is 3. The summed E-state index contributed by atoms with van der Waals surface area (Å²) < 4.78 is 11.6. The highest BCUT2D eigenvalue weighted by Crippen LogP contribution is 2.27. The third-order valence-corrected chi connectivity index (χ3v) is 8.52. The molecule has 1 aromatic heterocycles. The minimum absolute atomic E-state index is 0.0948. The van der Waals surface area contributed by atoms with Crippen LogP contribution in [-0.4, -0.2) is 66.6 Å². The van der Waals surface area contributed by atoms with Crippen molar-refractivity contribution in [1.82, 2.24) is 10.6 Å². The summed E-state index contributed by atoms with van der Waals surface area (Å²) >= 11 is 0. The molecule has 2 aliphatic rings. The molecule has 11 nitrogen and oxygen atoms in total. The molecule has 0 spiro atoms. The summed E-state index contributed by atoms with van der Waals surface area (Å²) in [6, 6.07) is 22.0. The number of anilines is 1. The topological polar surface area (TPSA) is 151 Å². The van der Waals surface area contributed by atoms with Crippen molar-refractivity contribution in [3.63, 3.8) is 0 Å². The number of hydrogen-bond acceptors (Lipinski definition) is 8. The molecule has 4 aromatic rings. The molecular formula is C39H36N4O7. The smallest absolute Gasteiger partial charge is 0.349 e. The minimum Gasteiger partial charge on any atom is -0.480 e. The predicted molar refractivity (Wildman–Crippen MR) is 192 cm³/mol. The van der Waals surface area contributed by atoms with Crippen molar-refractivity contribution in [3.05, 3.63) is 135 Å². The van der Waals surface area contributed by atoms with Gasteiger partial charge in [-0.1, -0.05) is 54.6 Å². The van der Waals surface area contributed by atoms with Crippen molar-refractivity contribution in [3.8, 4) is 0 Å². The molecule has 1 aliphatic carbocycles. The van der Waals surface area contributed by atoms with Gasteiger partial charge in [0.25, 0.3) is 11.8 Å². The molecule has 3 aromatic carbocycles. The van der Waals surface area contributed by atoms with Crippen LogP contribution in [-0.2, 0) is 14.3 Å². The largest absolute Gasteiger partial charge is 0.480 e. The van der Waals surface area contributed by atoms with Crippen LogP contribution >= 0.6 is 0 Å². The number of aliphatic imine (C=N–C) groups is 1. The maximum absolute atomic E-state index is 13.1. The standard InChI is InChI=1S/C39H36N4O7/c1-3-43(4-2)29-18-16-27-20-30(39(48)50-34(27)22-29)37-42-31-21-28(17-19-33(31)49-37)36(45)41-32(38(46)47)23-40-35(44)26-14-12-25(13-15-26)11-10-24-8-6-5-7-9-24/h5-22,31-33H,3-4,23H2,1-2H3,(H,40,44)(H,41,45)(H,46,47)/b11-10+. The maximum Gasteiger partial charge on any atom is 0.349 e. The van der Waals surface area contributed by atoms with Crippen molar-refractivity contribution >= 4 is 52.5 Å². The fraction of sp³-hybridized carbons (Fsp3) is 0.205. The molecule has 6 rings (SSSR count). The number of benzene rings is 3. The highest BCUT2D eigenvalue weighted by atomic mass is 16.5. The van der Waals surface area contributed by atoms with Crippen molar-refractivity contribution in [1.29, 1.82) is 0 Å². The first-order valence-corrected chi connectivity index (χ1v) is 16.3. The number of nitrogens with zero attached hydrogens (tertiary/aromatic N) is 2. The van der Waals surface area contributed by atoms with Crippen LogP contribution in [0.2, 0.25) is 0 Å². The van der Waals surface area contributed by atoms with E-state index in [9.17, 15) is 24.3 Å². The summed E-state index contributed by atoms with van der Waals surface area (Å²) in [5, 5.41) is 15.5. The molecule has 2 amide bonds. The Hall–Kier alpha value is -6.23. The van der Waals surface area contributed by atoms with E-state index in [-0.39, 0.29) is 23.6 Å². The molecule has 254 valence electrons. The molecule has 50 heavy (non-hydrogen) atoms. The number of rotatable bonds is 12. The average molecular weight is 673 g/mol. The second-order valence-corrected chi connectivity index (χ2v) is 11.8. The third kappa shape index (κ3) is 7.57. The Balaban J connectivity index is 1.08. The molecule has 3 N–H and O–H groups in total. The lowest BCUT2D eigenvalue weighted by atomic mass is 10.00. The highest BCUT2D eigenvalue weighted by molar-refractivity contribution is 6.01. The highest BCUT2D eigenvalue weighted by Gasteiger charge is 2.34. The zero-order valence-corrected chi connectivity index (χ0v) is 27.5. The second kappa shape index (κ2) is 14.9. The van der Waals surface area contributed by atoms with Crippen molar-refractivity contribution in [2.75, 3.05) is 24.5 Å². The normalized spacial score (nSPS) is 17.0. The monoisotopic (exact) mass is 672 g/mol. The molecule has 0 saturated carbocycles. The minimum atomic E-state index is -1.39. The van der Waals surface area contributed by atoms with Crippen LogP contribution in [0.25, 0.3) is 23.1 Å². The first kappa shape index (κ1) is 33.7. The van der Waals surface area contributed by atoms with Crippen LogP contribution in [0.1, 0.15) is 40.9 Å². The Labute approximate surface area is 288 Å². The first-order chi connectivity index (χ1) is 24.2. The van der Waals surface area contributed by atoms with Crippen molar-refractivity contribution in [2.45, 2.75) is 32.0 Å². The number of carboxylic acids is 1. The van der Waals surface area contributed by atoms with E-state index in [4.69, 9.17) is 9.15 Å². The quantitative estimate of drug-likeness (QED) is 0.143. The van der Waals surface area contributed by atoms with Crippen LogP contribution in [0.4, 0.5) is 5.69 Å². The van der Waals surface area contributed by atoms with Crippen LogP contribution in [0.3, 0.4) is 0 Å². The van der Waals surface area contributed by atoms with E-state index >= 15 is 0 Å². The van der Waals surface area contributed by atoms with Crippen LogP contribution in [0, 0.1) is 0 Å². The Morgan fingerprint density at radius 3 is 2.36 bits per heavy atom. The maximum atomic E-state index is 13.1. The van der Waals surface area contributed by atoms with Gasteiger partial charge in [-0.05, 0) is 73.5 Å². The van der Waals surface area contributed by atoms with E-state index in [1.165, 1.54) is 6.08 Å². The van der Waals surface area contributed by atoms with Gasteiger partial charge in [-0.2, -0.15) is 0 Å². The summed E-state index contributed by atoms with van der Waals surface area (Å²) in [7, 11) is 0. The molecule has 0 saturated heterocycles. The van der Waals surface area contributed by atoms with E-state index in [0.29, 0.717) is 16.5 Å². The van der Waals surface area contributed by atoms with Crippen molar-refractivity contribution in [2.24, 2.45) is 4.99 Å². The van der Waals surface area contributed by atoms with Gasteiger partial charge in [0, 0.05) is 47.9 Å². The van der Waals surface area contributed by atoms with Gasteiger partial charge in [0.15, 0.2) is 0 Å². The summed E-state index contributed by atoms with van der Waals surface area (Å²) in [5.41, 5.74) is 3.43. The van der Waals surface area contributed by atoms with Gasteiger partial charge in [0.1, 0.15) is 29.3 Å². The number of amides is 2. The Kier molecular flexibility index (Phi) is 10.0. The summed E-state index contributed by atoms with van der Waals surface area (Å²) in [5.74, 6) is -2.35. The van der Waals surface area contributed by atoms with E-state index in [0.717, 1.165) is 29.9 Å². The summed E-state index contributed by atoms with van der Waals surface area (Å²) in [6.45, 7) is 5.40. The zero-order chi connectivity index (χ0) is 35.2. The van der Waals surface area contributed by atoms with Crippen LogP contribution < -0.4 is 21.2 Å². The summed E-state index contributed by atoms with van der Waals surface area (Å²) in [4.78, 5) is 57.5. The number of aliphatic carboxylic acids is 1. The summed E-state index contributed by atoms with van der Waals surface area (Å²) in [6.07, 6.45) is 8.02. The number of carbonyl (C=O) groups excluding carboxylic acids is 2. The predicted octanol–water partition coefficient (Wildman–Crippen LogP) is 4.82. The molecule has 0 bridgehead atoms. The first-order valence-electron chi connectivity index (χ1n) is 16.3. The van der Waals surface area contributed by atoms with Crippen molar-refractivity contribution < 1.29 is 28.6 Å². The van der Waals surface area contributed by atoms with E-state index in [1.54, 1.807) is 42.5 Å². The van der Waals surface area contributed by atoms with Crippen LogP contribution in [0.5, 0.6) is 0 Å². The molecule has 3 atom stereocenters. The Bertz CT molecular complexity index is 2090. The van der Waals surface area contributed by atoms with Gasteiger partial charge in [0.05, 0.1) is 0 Å². The zero-order valence-electron chi connectivity index (χ0n) is 27.5. The molecule has 2 heterocycles. The van der Waals surface area contributed by atoms with Gasteiger partial charge in [-0.15, -0.1) is 0 Å².